The zero-order valence-corrected chi connectivity index (χ0v) is 23.4. The van der Waals surface area contributed by atoms with Gasteiger partial charge in [0, 0.05) is 18.3 Å². The summed E-state index contributed by atoms with van der Waals surface area (Å²) in [5, 5.41) is 36.7. The Morgan fingerprint density at radius 3 is 2.68 bits per heavy atom. The van der Waals surface area contributed by atoms with Crippen LogP contribution in [0.1, 0.15) is 27.7 Å². The van der Waals surface area contributed by atoms with Gasteiger partial charge in [0.05, 0.1) is 17.7 Å². The maximum atomic E-state index is 13.6. The first-order valence-electron chi connectivity index (χ1n) is 11.5. The van der Waals surface area contributed by atoms with Crippen LogP contribution in [0.4, 0.5) is 4.39 Å². The second-order valence-corrected chi connectivity index (χ2v) is 12.7. The number of halogens is 2. The van der Waals surface area contributed by atoms with Gasteiger partial charge in [-0.05, 0) is 51.6 Å². The van der Waals surface area contributed by atoms with Crippen molar-refractivity contribution in [3.8, 4) is 5.75 Å². The number of carbonyl (C=O) groups excluding carboxylic acids is 2. The van der Waals surface area contributed by atoms with E-state index in [2.05, 4.69) is 10.4 Å². The largest absolute Gasteiger partial charge is 0.462 e. The highest BCUT2D eigenvalue weighted by molar-refractivity contribution is 8.09. The van der Waals surface area contributed by atoms with E-state index in [-0.39, 0.29) is 10.8 Å². The topological polar surface area (TPSA) is 159 Å². The molecule has 3 rings (SSSR count). The lowest BCUT2D eigenvalue weighted by atomic mass is 9.96. The van der Waals surface area contributed by atoms with Crippen molar-refractivity contribution in [1.82, 2.24) is 15.3 Å². The van der Waals surface area contributed by atoms with Crippen LogP contribution in [-0.2, 0) is 35.4 Å². The molecule has 16 heteroatoms. The molecule has 2 aliphatic rings. The molecule has 7 unspecified atom stereocenters. The van der Waals surface area contributed by atoms with Gasteiger partial charge in [-0.15, -0.1) is 0 Å². The Kier molecular flexibility index (Phi) is 9.77. The van der Waals surface area contributed by atoms with Gasteiger partial charge in [-0.2, -0.15) is 0 Å². The summed E-state index contributed by atoms with van der Waals surface area (Å²) >= 11 is 11.4. The fraction of sp³-hybridized carbons (Fsp3) is 0.545. The van der Waals surface area contributed by atoms with E-state index in [1.807, 2.05) is 0 Å². The fourth-order valence-electron chi connectivity index (χ4n) is 3.65. The standard InChI is InChI=1S/C22H30ClFN3O9PS/c1-11(2)34-19(30)12(3)26-37(38,36-13-5-6-15(24)14(23)9-13)33-10-16-18(29)22(4,32)20(35-16)27-8-7-17(28)25-21(27)31/h5-9,11-12,16,18,20-21,29,31-32H,10H2,1-4H3,(H,25,28)(H,26,38). The van der Waals surface area contributed by atoms with Gasteiger partial charge in [0.1, 0.15) is 35.4 Å². The van der Waals surface area contributed by atoms with Crippen molar-refractivity contribution < 1.29 is 47.8 Å². The minimum absolute atomic E-state index is 0.0479. The lowest BCUT2D eigenvalue weighted by Crippen LogP contribution is -2.59. The first-order valence-corrected chi connectivity index (χ1v) is 14.5. The molecule has 0 aliphatic carbocycles. The molecule has 12 nitrogen and oxygen atoms in total. The SMILES string of the molecule is CC(C)OC(=O)C(C)NP(=S)(OCC1OC(N2C=CC(=O)NC2O)C(C)(O)C1O)Oc1ccc(F)c(Cl)c1. The molecule has 2 aliphatic heterocycles. The second kappa shape index (κ2) is 12.1. The van der Waals surface area contributed by atoms with Crippen LogP contribution < -0.4 is 14.9 Å². The van der Waals surface area contributed by atoms with Crippen LogP contribution in [-0.4, -0.2) is 81.2 Å². The Morgan fingerprint density at radius 1 is 1.39 bits per heavy atom. The predicted molar refractivity (Wildman–Crippen MR) is 137 cm³/mol. The molecule has 212 valence electrons. The number of nitrogens with zero attached hydrogens (tertiary/aromatic N) is 1. The van der Waals surface area contributed by atoms with Crippen molar-refractivity contribution in [3.63, 3.8) is 0 Å². The van der Waals surface area contributed by atoms with Crippen LogP contribution in [0.5, 0.6) is 5.75 Å². The highest BCUT2D eigenvalue weighted by atomic mass is 35.5. The average molecular weight is 598 g/mol. The van der Waals surface area contributed by atoms with E-state index in [0.717, 1.165) is 17.0 Å². The number of aliphatic hydroxyl groups is 3. The summed E-state index contributed by atoms with van der Waals surface area (Å²) in [4.78, 5) is 25.0. The number of esters is 1. The average Bonchev–Trinajstić information content (AvgIpc) is 3.03. The molecule has 0 bridgehead atoms. The summed E-state index contributed by atoms with van der Waals surface area (Å²) in [6.07, 6.45) is -3.59. The zero-order valence-electron chi connectivity index (χ0n) is 20.9. The maximum Gasteiger partial charge on any atom is 0.323 e. The van der Waals surface area contributed by atoms with E-state index < -0.39 is 73.5 Å². The molecular formula is C22H30ClFN3O9PS. The molecule has 1 fully saturated rings. The van der Waals surface area contributed by atoms with Crippen molar-refractivity contribution in [3.05, 3.63) is 41.3 Å². The van der Waals surface area contributed by atoms with E-state index in [1.165, 1.54) is 32.2 Å². The maximum absolute atomic E-state index is 13.6. The molecule has 1 aromatic rings. The van der Waals surface area contributed by atoms with Gasteiger partial charge in [0.25, 0.3) is 0 Å². The Labute approximate surface area is 228 Å². The number of nitrogens with one attached hydrogen (secondary N) is 2. The number of aliphatic hydroxyl groups excluding tert-OH is 2. The Hall–Kier alpha value is -1.87. The van der Waals surface area contributed by atoms with Crippen molar-refractivity contribution in [1.29, 1.82) is 0 Å². The van der Waals surface area contributed by atoms with E-state index in [9.17, 15) is 29.3 Å². The van der Waals surface area contributed by atoms with Crippen LogP contribution in [0.15, 0.2) is 30.5 Å². The van der Waals surface area contributed by atoms with E-state index in [0.29, 0.717) is 0 Å². The molecule has 0 saturated carbocycles. The monoisotopic (exact) mass is 597 g/mol. The molecule has 0 aromatic heterocycles. The van der Waals surface area contributed by atoms with Crippen LogP contribution in [0.2, 0.25) is 5.02 Å². The smallest absolute Gasteiger partial charge is 0.323 e. The highest BCUT2D eigenvalue weighted by Gasteiger charge is 2.55. The Bertz CT molecular complexity index is 1130. The predicted octanol–water partition coefficient (Wildman–Crippen LogP) is 1.09. The van der Waals surface area contributed by atoms with Crippen LogP contribution in [0.3, 0.4) is 0 Å². The molecule has 1 saturated heterocycles. The Balaban J connectivity index is 1.79. The highest BCUT2D eigenvalue weighted by Crippen LogP contribution is 2.47. The molecule has 7 atom stereocenters. The third-order valence-corrected chi connectivity index (χ3v) is 8.35. The Morgan fingerprint density at radius 2 is 2.08 bits per heavy atom. The molecule has 0 spiro atoms. The molecule has 38 heavy (non-hydrogen) atoms. The lowest BCUT2D eigenvalue weighted by Gasteiger charge is -2.39. The minimum Gasteiger partial charge on any atom is -0.462 e. The van der Waals surface area contributed by atoms with E-state index in [4.69, 9.17) is 41.9 Å². The number of carbonyl (C=O) groups is 2. The zero-order chi connectivity index (χ0) is 28.4. The number of hydrogen-bond acceptors (Lipinski definition) is 11. The van der Waals surface area contributed by atoms with Gasteiger partial charge in [-0.3, -0.25) is 9.59 Å². The summed E-state index contributed by atoms with van der Waals surface area (Å²) in [7, 11) is 0. The first-order chi connectivity index (χ1) is 17.6. The summed E-state index contributed by atoms with van der Waals surface area (Å²) in [5.41, 5.74) is -1.92. The summed E-state index contributed by atoms with van der Waals surface area (Å²) in [6.45, 7) is 2.06. The molecule has 0 radical (unpaired) electrons. The van der Waals surface area contributed by atoms with Gasteiger partial charge < -0.3 is 44.1 Å². The number of benzene rings is 1. The summed E-state index contributed by atoms with van der Waals surface area (Å²) in [6, 6.07) is 2.53. The molecule has 1 aromatic carbocycles. The summed E-state index contributed by atoms with van der Waals surface area (Å²) < 4.78 is 36.3. The van der Waals surface area contributed by atoms with Crippen molar-refractivity contribution in [2.75, 3.05) is 6.61 Å². The lowest BCUT2D eigenvalue weighted by molar-refractivity contribution is -0.173. The number of rotatable bonds is 10. The van der Waals surface area contributed by atoms with Gasteiger partial charge in [-0.1, -0.05) is 11.6 Å². The van der Waals surface area contributed by atoms with E-state index >= 15 is 0 Å². The van der Waals surface area contributed by atoms with Crippen molar-refractivity contribution in [2.45, 2.75) is 70.2 Å². The first kappa shape index (κ1) is 30.7. The molecular weight excluding hydrogens is 568 g/mol. The quantitative estimate of drug-likeness (QED) is 0.193. The van der Waals surface area contributed by atoms with Crippen molar-refractivity contribution >= 4 is 41.9 Å². The normalized spacial score (nSPS) is 29.6. The van der Waals surface area contributed by atoms with Gasteiger partial charge in [0.15, 0.2) is 6.23 Å². The third kappa shape index (κ3) is 7.20. The van der Waals surface area contributed by atoms with Gasteiger partial charge in [-0.25, -0.2) is 9.48 Å². The number of amides is 1. The number of ether oxygens (including phenoxy) is 2. The fourth-order valence-corrected chi connectivity index (χ4v) is 6.23. The minimum atomic E-state index is -3.63. The third-order valence-electron chi connectivity index (χ3n) is 5.56. The van der Waals surface area contributed by atoms with E-state index in [1.54, 1.807) is 13.8 Å². The summed E-state index contributed by atoms with van der Waals surface area (Å²) in [5.74, 6) is -1.82. The molecule has 2 heterocycles. The molecule has 1 amide bonds. The van der Waals surface area contributed by atoms with Crippen LogP contribution in [0.25, 0.3) is 0 Å². The molecule has 5 N–H and O–H groups in total. The number of hydrogen-bond donors (Lipinski definition) is 5. The van der Waals surface area contributed by atoms with Crippen molar-refractivity contribution in [2.24, 2.45) is 0 Å². The van der Waals surface area contributed by atoms with Gasteiger partial charge in [0.2, 0.25) is 12.3 Å². The van der Waals surface area contributed by atoms with Crippen LogP contribution in [0, 0.1) is 5.82 Å². The second-order valence-electron chi connectivity index (χ2n) is 9.14. The van der Waals surface area contributed by atoms with Crippen LogP contribution >= 0.6 is 18.2 Å². The van der Waals surface area contributed by atoms with Gasteiger partial charge >= 0.3 is 12.6 Å².